The number of rotatable bonds is 7. The first-order chi connectivity index (χ1) is 17.5. The third kappa shape index (κ3) is 4.45. The maximum absolute atomic E-state index is 13.4. The Balaban J connectivity index is 1.56. The summed E-state index contributed by atoms with van der Waals surface area (Å²) in [7, 11) is 1.61. The third-order valence-corrected chi connectivity index (χ3v) is 7.76. The summed E-state index contributed by atoms with van der Waals surface area (Å²) < 4.78 is 11.8. The second kappa shape index (κ2) is 10.5. The van der Waals surface area contributed by atoms with Gasteiger partial charge in [0.2, 0.25) is 0 Å². The fourth-order valence-electron chi connectivity index (χ4n) is 5.80. The van der Waals surface area contributed by atoms with Crippen molar-refractivity contribution in [2.24, 2.45) is 0 Å². The molecule has 2 aromatic carbocycles. The van der Waals surface area contributed by atoms with E-state index in [4.69, 9.17) is 21.1 Å². The summed E-state index contributed by atoms with van der Waals surface area (Å²) in [6.45, 7) is 3.30. The lowest BCUT2D eigenvalue weighted by Gasteiger charge is -2.44. The number of nitrogens with zero attached hydrogens (tertiary/aromatic N) is 1. The number of ketones is 2. The van der Waals surface area contributed by atoms with Crippen LogP contribution in [0.25, 0.3) is 0 Å². The standard InChI is InChI=1S/C30H32ClNO4/c1-3-16-32-22-10-6-12-24(33)29(22)28(30-23(32)11-7-13-25(30)34)19-14-15-26(27(17-19)35-2)36-18-20-8-4-5-9-21(20)31/h4-5,8-9,14-15,17,28H,3,6-7,10-13,16,18H2,1-2H3. The van der Waals surface area contributed by atoms with Crippen LogP contribution in [0.15, 0.2) is 65.0 Å². The highest BCUT2D eigenvalue weighted by Gasteiger charge is 2.43. The second-order valence-corrected chi connectivity index (χ2v) is 10.1. The van der Waals surface area contributed by atoms with Crippen LogP contribution < -0.4 is 9.47 Å². The summed E-state index contributed by atoms with van der Waals surface area (Å²) in [4.78, 5) is 29.0. The molecule has 36 heavy (non-hydrogen) atoms. The Hall–Kier alpha value is -3.05. The number of carbonyl (C=O) groups excluding carboxylic acids is 2. The molecule has 0 unspecified atom stereocenters. The summed E-state index contributed by atoms with van der Waals surface area (Å²) >= 11 is 6.29. The van der Waals surface area contributed by atoms with Crippen molar-refractivity contribution in [3.63, 3.8) is 0 Å². The van der Waals surface area contributed by atoms with E-state index in [1.807, 2.05) is 42.5 Å². The van der Waals surface area contributed by atoms with Crippen LogP contribution in [-0.4, -0.2) is 30.1 Å². The molecule has 0 saturated carbocycles. The molecule has 0 aromatic heterocycles. The summed E-state index contributed by atoms with van der Waals surface area (Å²) in [5.41, 5.74) is 5.62. The van der Waals surface area contributed by atoms with Gasteiger partial charge >= 0.3 is 0 Å². The number of allylic oxidation sites excluding steroid dienone is 4. The molecule has 0 saturated heterocycles. The van der Waals surface area contributed by atoms with Gasteiger partial charge in [-0.25, -0.2) is 0 Å². The lowest BCUT2D eigenvalue weighted by atomic mass is 9.71. The molecule has 0 spiro atoms. The van der Waals surface area contributed by atoms with Gasteiger partial charge in [-0.1, -0.05) is 42.8 Å². The Morgan fingerprint density at radius 3 is 2.19 bits per heavy atom. The minimum absolute atomic E-state index is 0.158. The van der Waals surface area contributed by atoms with Gasteiger partial charge in [0, 0.05) is 58.4 Å². The van der Waals surface area contributed by atoms with Crippen LogP contribution in [0.4, 0.5) is 0 Å². The minimum atomic E-state index is -0.352. The van der Waals surface area contributed by atoms with Crippen molar-refractivity contribution in [2.45, 2.75) is 64.4 Å². The summed E-state index contributed by atoms with van der Waals surface area (Å²) in [6.07, 6.45) is 5.49. The zero-order valence-corrected chi connectivity index (χ0v) is 21.7. The maximum atomic E-state index is 13.4. The lowest BCUT2D eigenvalue weighted by Crippen LogP contribution is -2.39. The second-order valence-electron chi connectivity index (χ2n) is 9.65. The van der Waals surface area contributed by atoms with E-state index >= 15 is 0 Å². The van der Waals surface area contributed by atoms with Gasteiger partial charge in [0.15, 0.2) is 23.1 Å². The number of benzene rings is 2. The first-order valence-corrected chi connectivity index (χ1v) is 13.3. The van der Waals surface area contributed by atoms with E-state index in [2.05, 4.69) is 11.8 Å². The molecule has 188 valence electrons. The number of methoxy groups -OCH3 is 1. The molecule has 0 radical (unpaired) electrons. The van der Waals surface area contributed by atoms with Crippen molar-refractivity contribution in [3.8, 4) is 11.5 Å². The highest BCUT2D eigenvalue weighted by atomic mass is 35.5. The normalized spacial score (nSPS) is 18.4. The fourth-order valence-corrected chi connectivity index (χ4v) is 5.99. The van der Waals surface area contributed by atoms with Crippen LogP contribution in [0.3, 0.4) is 0 Å². The lowest BCUT2D eigenvalue weighted by molar-refractivity contribution is -0.117. The van der Waals surface area contributed by atoms with E-state index in [9.17, 15) is 9.59 Å². The van der Waals surface area contributed by atoms with E-state index in [-0.39, 0.29) is 17.5 Å². The van der Waals surface area contributed by atoms with Crippen LogP contribution in [0.2, 0.25) is 5.02 Å². The van der Waals surface area contributed by atoms with Gasteiger partial charge in [-0.05, 0) is 55.9 Å². The fraction of sp³-hybridized carbons (Fsp3) is 0.400. The molecule has 2 aliphatic carbocycles. The van der Waals surface area contributed by atoms with Gasteiger partial charge in [-0.3, -0.25) is 9.59 Å². The highest BCUT2D eigenvalue weighted by molar-refractivity contribution is 6.31. The first kappa shape index (κ1) is 24.6. The molecular weight excluding hydrogens is 474 g/mol. The molecule has 0 bridgehead atoms. The maximum Gasteiger partial charge on any atom is 0.161 e. The molecule has 0 amide bonds. The van der Waals surface area contributed by atoms with Gasteiger partial charge in [0.05, 0.1) is 7.11 Å². The van der Waals surface area contributed by atoms with E-state index in [0.29, 0.717) is 36.0 Å². The average Bonchev–Trinajstić information content (AvgIpc) is 2.89. The molecule has 3 aliphatic rings. The van der Waals surface area contributed by atoms with Crippen LogP contribution in [0, 0.1) is 0 Å². The highest BCUT2D eigenvalue weighted by Crippen LogP contribution is 2.50. The number of Topliss-reactive ketones (excluding diaryl/α,β-unsaturated/α-hetero) is 2. The van der Waals surface area contributed by atoms with E-state index < -0.39 is 0 Å². The SMILES string of the molecule is CCCN1C2=C(C(=O)CCC2)C(c2ccc(OCc3ccccc3Cl)c(OC)c2)C2=C1CCCC2=O. The van der Waals surface area contributed by atoms with Crippen molar-refractivity contribution in [1.29, 1.82) is 0 Å². The molecule has 5 nitrogen and oxygen atoms in total. The van der Waals surface area contributed by atoms with Gasteiger partial charge in [0.1, 0.15) is 6.61 Å². The van der Waals surface area contributed by atoms with Gasteiger partial charge in [-0.15, -0.1) is 0 Å². The van der Waals surface area contributed by atoms with Gasteiger partial charge in [-0.2, -0.15) is 0 Å². The molecule has 2 aromatic rings. The first-order valence-electron chi connectivity index (χ1n) is 12.9. The van der Waals surface area contributed by atoms with E-state index in [0.717, 1.165) is 72.3 Å². The van der Waals surface area contributed by atoms with Crippen molar-refractivity contribution in [1.82, 2.24) is 4.90 Å². The Morgan fingerprint density at radius 2 is 1.58 bits per heavy atom. The molecule has 6 heteroatoms. The number of hydrogen-bond donors (Lipinski definition) is 0. The van der Waals surface area contributed by atoms with E-state index in [1.54, 1.807) is 7.11 Å². The van der Waals surface area contributed by atoms with Crippen LogP contribution in [0.1, 0.15) is 68.9 Å². The van der Waals surface area contributed by atoms with Crippen LogP contribution in [-0.2, 0) is 16.2 Å². The molecule has 0 fully saturated rings. The summed E-state index contributed by atoms with van der Waals surface area (Å²) in [6, 6.07) is 13.4. The van der Waals surface area contributed by atoms with Crippen LogP contribution in [0.5, 0.6) is 11.5 Å². The molecule has 0 atom stereocenters. The number of halogens is 1. The van der Waals surface area contributed by atoms with Crippen molar-refractivity contribution in [3.05, 3.63) is 81.2 Å². The predicted molar refractivity (Wildman–Crippen MR) is 140 cm³/mol. The number of carbonyl (C=O) groups is 2. The minimum Gasteiger partial charge on any atom is -0.493 e. The molecule has 0 N–H and O–H groups in total. The Kier molecular flexibility index (Phi) is 7.20. The largest absolute Gasteiger partial charge is 0.493 e. The quantitative estimate of drug-likeness (QED) is 0.416. The monoisotopic (exact) mass is 505 g/mol. The van der Waals surface area contributed by atoms with Gasteiger partial charge in [0.25, 0.3) is 0 Å². The molecule has 1 aliphatic heterocycles. The predicted octanol–water partition coefficient (Wildman–Crippen LogP) is 6.75. The average molecular weight is 506 g/mol. The number of ether oxygens (including phenoxy) is 2. The zero-order valence-electron chi connectivity index (χ0n) is 20.9. The Morgan fingerprint density at radius 1 is 0.917 bits per heavy atom. The molecule has 5 rings (SSSR count). The summed E-state index contributed by atoms with van der Waals surface area (Å²) in [5.74, 6) is 1.13. The topological polar surface area (TPSA) is 55.8 Å². The smallest absolute Gasteiger partial charge is 0.161 e. The Bertz CT molecular complexity index is 1220. The summed E-state index contributed by atoms with van der Waals surface area (Å²) in [5, 5.41) is 0.650. The van der Waals surface area contributed by atoms with Crippen LogP contribution >= 0.6 is 11.6 Å². The van der Waals surface area contributed by atoms with E-state index in [1.165, 1.54) is 0 Å². The van der Waals surface area contributed by atoms with Gasteiger partial charge < -0.3 is 14.4 Å². The third-order valence-electron chi connectivity index (χ3n) is 7.40. The molecule has 1 heterocycles. The Labute approximate surface area is 217 Å². The van der Waals surface area contributed by atoms with Crippen molar-refractivity contribution in [2.75, 3.05) is 13.7 Å². The van der Waals surface area contributed by atoms with Crippen molar-refractivity contribution < 1.29 is 19.1 Å². The molecular formula is C30H32ClNO4. The number of hydrogen-bond acceptors (Lipinski definition) is 5. The zero-order chi connectivity index (χ0) is 25.2. The van der Waals surface area contributed by atoms with Crippen molar-refractivity contribution >= 4 is 23.2 Å².